The molecule has 1 fully saturated rings. The molecule has 2 nitrogen and oxygen atoms in total. The molecule has 0 aromatic rings. The molecule has 0 aromatic heterocycles. The summed E-state index contributed by atoms with van der Waals surface area (Å²) < 4.78 is 5.55. The molecular formula is C11H25NOSi. The van der Waals surface area contributed by atoms with Crippen molar-refractivity contribution in [3.8, 4) is 0 Å². The van der Waals surface area contributed by atoms with Crippen molar-refractivity contribution in [3.63, 3.8) is 0 Å². The summed E-state index contributed by atoms with van der Waals surface area (Å²) in [4.78, 5) is 0. The minimum atomic E-state index is -1.28. The van der Waals surface area contributed by atoms with Crippen LogP contribution in [0.1, 0.15) is 25.7 Å². The number of piperidine rings is 1. The van der Waals surface area contributed by atoms with E-state index in [2.05, 4.69) is 18.4 Å². The van der Waals surface area contributed by atoms with E-state index >= 15 is 0 Å². The summed E-state index contributed by atoms with van der Waals surface area (Å²) in [5.74, 6) is 0.936. The van der Waals surface area contributed by atoms with Gasteiger partial charge in [-0.1, -0.05) is 6.42 Å². The molecule has 0 saturated carbocycles. The largest absolute Gasteiger partial charge is 0.420 e. The zero-order chi connectivity index (χ0) is 10.4. The van der Waals surface area contributed by atoms with Crippen molar-refractivity contribution < 1.29 is 4.43 Å². The molecule has 14 heavy (non-hydrogen) atoms. The van der Waals surface area contributed by atoms with Crippen LogP contribution < -0.4 is 5.32 Å². The first-order valence-electron chi connectivity index (χ1n) is 5.90. The standard InChI is InChI=1S/C11H25NOSi/c1-13-14(2,3)9-5-7-11-6-4-8-12-10-11/h11-12H,4-10H2,1-3H3. The molecule has 0 amide bonds. The molecule has 1 atom stereocenters. The fraction of sp³-hybridized carbons (Fsp3) is 1.00. The maximum Gasteiger partial charge on any atom is 0.186 e. The lowest BCUT2D eigenvalue weighted by molar-refractivity contribution is 0.349. The summed E-state index contributed by atoms with van der Waals surface area (Å²) in [7, 11) is 0.587. The van der Waals surface area contributed by atoms with Crippen molar-refractivity contribution in [2.75, 3.05) is 20.2 Å². The summed E-state index contributed by atoms with van der Waals surface area (Å²) in [5.41, 5.74) is 0. The first-order valence-corrected chi connectivity index (χ1v) is 9.01. The lowest BCUT2D eigenvalue weighted by Gasteiger charge is -2.25. The van der Waals surface area contributed by atoms with E-state index in [9.17, 15) is 0 Å². The van der Waals surface area contributed by atoms with Gasteiger partial charge in [0.25, 0.3) is 0 Å². The zero-order valence-corrected chi connectivity index (χ0v) is 10.9. The Balaban J connectivity index is 2.08. The predicted molar refractivity (Wildman–Crippen MR) is 64.1 cm³/mol. The van der Waals surface area contributed by atoms with Gasteiger partial charge in [-0.05, 0) is 57.4 Å². The van der Waals surface area contributed by atoms with E-state index in [0.717, 1.165) is 5.92 Å². The van der Waals surface area contributed by atoms with Crippen molar-refractivity contribution in [2.24, 2.45) is 5.92 Å². The molecule has 1 N–H and O–H groups in total. The second kappa shape index (κ2) is 5.88. The lowest BCUT2D eigenvalue weighted by Crippen LogP contribution is -2.31. The first-order chi connectivity index (χ1) is 6.64. The average molecular weight is 215 g/mol. The summed E-state index contributed by atoms with van der Waals surface area (Å²) in [6.45, 7) is 7.10. The van der Waals surface area contributed by atoms with Crippen molar-refractivity contribution in [1.82, 2.24) is 5.32 Å². The van der Waals surface area contributed by atoms with Gasteiger partial charge in [-0.2, -0.15) is 0 Å². The third kappa shape index (κ3) is 4.58. The number of hydrogen-bond acceptors (Lipinski definition) is 2. The Morgan fingerprint density at radius 3 is 2.79 bits per heavy atom. The average Bonchev–Trinajstić information content (AvgIpc) is 2.19. The van der Waals surface area contributed by atoms with E-state index in [-0.39, 0.29) is 0 Å². The monoisotopic (exact) mass is 215 g/mol. The molecule has 3 heteroatoms. The molecule has 0 aromatic carbocycles. The number of nitrogens with one attached hydrogen (secondary N) is 1. The van der Waals surface area contributed by atoms with E-state index in [1.165, 1.54) is 44.8 Å². The van der Waals surface area contributed by atoms with Gasteiger partial charge in [0.05, 0.1) is 0 Å². The first kappa shape index (κ1) is 12.2. The molecule has 0 spiro atoms. The van der Waals surface area contributed by atoms with Crippen LogP contribution in [0.4, 0.5) is 0 Å². The van der Waals surface area contributed by atoms with Crippen LogP contribution in [0.15, 0.2) is 0 Å². The third-order valence-electron chi connectivity index (χ3n) is 3.34. The fourth-order valence-corrected chi connectivity index (χ4v) is 3.35. The maximum absolute atomic E-state index is 5.55. The van der Waals surface area contributed by atoms with Crippen LogP contribution >= 0.6 is 0 Å². The second-order valence-corrected chi connectivity index (χ2v) is 9.50. The van der Waals surface area contributed by atoms with Gasteiger partial charge < -0.3 is 9.74 Å². The summed E-state index contributed by atoms with van der Waals surface area (Å²) in [6.07, 6.45) is 5.56. The number of hydrogen-bond donors (Lipinski definition) is 1. The van der Waals surface area contributed by atoms with E-state index < -0.39 is 8.32 Å². The quantitative estimate of drug-likeness (QED) is 0.712. The molecule has 1 saturated heterocycles. The van der Waals surface area contributed by atoms with Crippen molar-refractivity contribution in [3.05, 3.63) is 0 Å². The van der Waals surface area contributed by atoms with Gasteiger partial charge in [0.15, 0.2) is 8.32 Å². The highest BCUT2D eigenvalue weighted by Crippen LogP contribution is 2.21. The molecule has 1 aliphatic heterocycles. The van der Waals surface area contributed by atoms with Crippen molar-refractivity contribution >= 4 is 8.32 Å². The van der Waals surface area contributed by atoms with Crippen LogP contribution in [-0.2, 0) is 4.43 Å². The lowest BCUT2D eigenvalue weighted by atomic mass is 9.95. The van der Waals surface area contributed by atoms with Crippen LogP contribution in [-0.4, -0.2) is 28.5 Å². The molecule has 1 rings (SSSR count). The molecule has 0 aliphatic carbocycles. The van der Waals surface area contributed by atoms with E-state index in [0.29, 0.717) is 0 Å². The Morgan fingerprint density at radius 1 is 1.43 bits per heavy atom. The third-order valence-corrected chi connectivity index (χ3v) is 6.01. The Kier molecular flexibility index (Phi) is 5.13. The van der Waals surface area contributed by atoms with Crippen LogP contribution in [0.3, 0.4) is 0 Å². The molecule has 0 radical (unpaired) electrons. The van der Waals surface area contributed by atoms with Gasteiger partial charge in [0.1, 0.15) is 0 Å². The fourth-order valence-electron chi connectivity index (χ4n) is 2.09. The summed E-state index contributed by atoms with van der Waals surface area (Å²) in [6, 6.07) is 1.32. The topological polar surface area (TPSA) is 21.3 Å². The number of rotatable bonds is 5. The molecule has 1 unspecified atom stereocenters. The Hall–Kier alpha value is 0.137. The molecule has 1 heterocycles. The van der Waals surface area contributed by atoms with Gasteiger partial charge >= 0.3 is 0 Å². The van der Waals surface area contributed by atoms with Crippen LogP contribution in [0.2, 0.25) is 19.1 Å². The maximum atomic E-state index is 5.55. The summed E-state index contributed by atoms with van der Waals surface area (Å²) in [5, 5.41) is 3.48. The van der Waals surface area contributed by atoms with Gasteiger partial charge in [0.2, 0.25) is 0 Å². The molecule has 84 valence electrons. The Morgan fingerprint density at radius 2 is 2.21 bits per heavy atom. The normalized spacial score (nSPS) is 23.8. The minimum absolute atomic E-state index is 0.936. The van der Waals surface area contributed by atoms with Crippen LogP contribution in [0.25, 0.3) is 0 Å². The van der Waals surface area contributed by atoms with E-state index in [1.807, 2.05) is 7.11 Å². The Labute approximate surface area is 89.6 Å². The molecule has 1 aliphatic rings. The van der Waals surface area contributed by atoms with Gasteiger partial charge in [-0.3, -0.25) is 0 Å². The predicted octanol–water partition coefficient (Wildman–Crippen LogP) is 2.62. The SMILES string of the molecule is CO[Si](C)(C)CCCC1CCCNC1. The highest BCUT2D eigenvalue weighted by molar-refractivity contribution is 6.71. The zero-order valence-electron chi connectivity index (χ0n) is 9.94. The van der Waals surface area contributed by atoms with Gasteiger partial charge in [-0.25, -0.2) is 0 Å². The molecular weight excluding hydrogens is 190 g/mol. The van der Waals surface area contributed by atoms with Crippen LogP contribution in [0.5, 0.6) is 0 Å². The van der Waals surface area contributed by atoms with E-state index in [4.69, 9.17) is 4.43 Å². The Bertz CT molecular complexity index is 155. The smallest absolute Gasteiger partial charge is 0.186 e. The van der Waals surface area contributed by atoms with Gasteiger partial charge in [-0.15, -0.1) is 0 Å². The molecule has 0 bridgehead atoms. The van der Waals surface area contributed by atoms with Gasteiger partial charge in [0, 0.05) is 7.11 Å². The highest BCUT2D eigenvalue weighted by Gasteiger charge is 2.21. The summed E-state index contributed by atoms with van der Waals surface area (Å²) >= 11 is 0. The van der Waals surface area contributed by atoms with Crippen molar-refractivity contribution in [2.45, 2.75) is 44.8 Å². The minimum Gasteiger partial charge on any atom is -0.420 e. The van der Waals surface area contributed by atoms with Crippen LogP contribution in [0, 0.1) is 5.92 Å². The highest BCUT2D eigenvalue weighted by atomic mass is 28.4. The van der Waals surface area contributed by atoms with E-state index in [1.54, 1.807) is 0 Å². The second-order valence-electron chi connectivity index (χ2n) is 5.07. The van der Waals surface area contributed by atoms with Crippen molar-refractivity contribution in [1.29, 1.82) is 0 Å².